The molecule has 1 N–H and O–H groups in total. The second-order valence-electron chi connectivity index (χ2n) is 4.47. The van der Waals surface area contributed by atoms with E-state index in [1.807, 2.05) is 0 Å². The van der Waals surface area contributed by atoms with Gasteiger partial charge in [-0.2, -0.15) is 13.2 Å². The molecule has 0 aliphatic carbocycles. The van der Waals surface area contributed by atoms with Gasteiger partial charge in [-0.15, -0.1) is 0 Å². The Balaban J connectivity index is 2.83. The van der Waals surface area contributed by atoms with E-state index < -0.39 is 23.8 Å². The molecule has 21 heavy (non-hydrogen) atoms. The summed E-state index contributed by atoms with van der Waals surface area (Å²) >= 11 is 0. The van der Waals surface area contributed by atoms with Gasteiger partial charge in [0, 0.05) is 7.05 Å². The third-order valence-corrected chi connectivity index (χ3v) is 3.12. The van der Waals surface area contributed by atoms with Crippen LogP contribution in [-0.4, -0.2) is 40.8 Å². The molecule has 1 amide bonds. The van der Waals surface area contributed by atoms with E-state index in [4.69, 9.17) is 9.84 Å². The number of alkyl halides is 3. The number of carbonyl (C=O) groups is 2. The Morgan fingerprint density at radius 2 is 1.76 bits per heavy atom. The summed E-state index contributed by atoms with van der Waals surface area (Å²) in [5, 5.41) is 8.80. The summed E-state index contributed by atoms with van der Waals surface area (Å²) in [5.74, 6) is -2.19. The lowest BCUT2D eigenvalue weighted by atomic mass is 10.0. The van der Waals surface area contributed by atoms with Crippen molar-refractivity contribution in [3.8, 4) is 0 Å². The molecule has 1 aromatic rings. The zero-order valence-corrected chi connectivity index (χ0v) is 11.3. The summed E-state index contributed by atoms with van der Waals surface area (Å²) in [6.45, 7) is 0.149. The van der Waals surface area contributed by atoms with Crippen molar-refractivity contribution < 1.29 is 32.6 Å². The molecule has 0 radical (unpaired) electrons. The van der Waals surface area contributed by atoms with Crippen molar-refractivity contribution in [2.45, 2.75) is 25.2 Å². The van der Waals surface area contributed by atoms with E-state index in [2.05, 4.69) is 0 Å². The number of benzene rings is 1. The third-order valence-electron chi connectivity index (χ3n) is 3.12. The van der Waals surface area contributed by atoms with E-state index in [9.17, 15) is 22.8 Å². The summed E-state index contributed by atoms with van der Waals surface area (Å²) in [6.07, 6.45) is -6.51. The zero-order valence-electron chi connectivity index (χ0n) is 11.3. The second kappa shape index (κ2) is 6.02. The van der Waals surface area contributed by atoms with Gasteiger partial charge >= 0.3 is 18.2 Å². The maximum atomic E-state index is 12.9. The van der Waals surface area contributed by atoms with Crippen LogP contribution in [0.2, 0.25) is 0 Å². The maximum Gasteiger partial charge on any atom is 0.422 e. The summed E-state index contributed by atoms with van der Waals surface area (Å²) < 4.78 is 43.4. The number of hydrogen-bond acceptors (Lipinski definition) is 3. The van der Waals surface area contributed by atoms with Crippen molar-refractivity contribution in [2.24, 2.45) is 0 Å². The predicted molar refractivity (Wildman–Crippen MR) is 66.5 cm³/mol. The fourth-order valence-electron chi connectivity index (χ4n) is 1.45. The van der Waals surface area contributed by atoms with Gasteiger partial charge < -0.3 is 9.84 Å². The number of carbonyl (C=O) groups excluding carboxylic acids is 1. The molecule has 0 saturated carbocycles. The molecule has 5 nitrogen and oxygen atoms in total. The number of nitrogens with zero attached hydrogens (tertiary/aromatic N) is 1. The highest BCUT2D eigenvalue weighted by Crippen LogP contribution is 2.35. The van der Waals surface area contributed by atoms with Gasteiger partial charge in [0.25, 0.3) is 0 Å². The molecule has 0 heterocycles. The first-order valence-corrected chi connectivity index (χ1v) is 5.85. The van der Waals surface area contributed by atoms with Crippen LogP contribution in [0.1, 0.15) is 12.5 Å². The number of rotatable bonds is 4. The Morgan fingerprint density at radius 3 is 2.19 bits per heavy atom. The van der Waals surface area contributed by atoms with E-state index in [-0.39, 0.29) is 11.5 Å². The standard InChI is InChI=1S/C13H14F3NO4/c1-12(10(18)19,13(14,15)16)17(2)11(20)21-8-9-6-4-3-5-7-9/h3-7H,8H2,1-2H3,(H,18,19). The minimum atomic E-state index is -5.14. The number of carboxylic acids is 1. The molecule has 1 atom stereocenters. The highest BCUT2D eigenvalue weighted by Gasteiger charge is 2.62. The smallest absolute Gasteiger partial charge is 0.422 e. The van der Waals surface area contributed by atoms with Crippen LogP contribution < -0.4 is 0 Å². The molecule has 0 saturated heterocycles. The lowest BCUT2D eigenvalue weighted by Gasteiger charge is -2.35. The van der Waals surface area contributed by atoms with E-state index in [0.29, 0.717) is 12.5 Å². The van der Waals surface area contributed by atoms with Gasteiger partial charge in [0.1, 0.15) is 6.61 Å². The SMILES string of the molecule is CN(C(=O)OCc1ccccc1)C(C)(C(=O)O)C(F)(F)F. The van der Waals surface area contributed by atoms with Gasteiger partial charge in [-0.05, 0) is 12.5 Å². The molecule has 0 aromatic heterocycles. The van der Waals surface area contributed by atoms with Crippen LogP contribution in [0.5, 0.6) is 0 Å². The summed E-state index contributed by atoms with van der Waals surface area (Å²) in [4.78, 5) is 22.6. The van der Waals surface area contributed by atoms with Crippen molar-refractivity contribution in [1.82, 2.24) is 4.90 Å². The number of hydrogen-bond donors (Lipinski definition) is 1. The van der Waals surface area contributed by atoms with Crippen LogP contribution in [0.15, 0.2) is 30.3 Å². The molecule has 116 valence electrons. The summed E-state index contributed by atoms with van der Waals surface area (Å²) in [5.41, 5.74) is -2.79. The van der Waals surface area contributed by atoms with Gasteiger partial charge in [-0.25, -0.2) is 9.59 Å². The van der Waals surface area contributed by atoms with Crippen molar-refractivity contribution >= 4 is 12.1 Å². The van der Waals surface area contributed by atoms with Crippen molar-refractivity contribution in [1.29, 1.82) is 0 Å². The van der Waals surface area contributed by atoms with E-state index in [0.717, 1.165) is 7.05 Å². The normalized spacial score (nSPS) is 14.1. The van der Waals surface area contributed by atoms with E-state index in [1.54, 1.807) is 30.3 Å². The molecule has 0 aliphatic heterocycles. The predicted octanol–water partition coefficient (Wildman–Crippen LogP) is 2.66. The molecule has 0 fully saturated rings. The first-order chi connectivity index (χ1) is 9.60. The highest BCUT2D eigenvalue weighted by molar-refractivity contribution is 5.84. The Morgan fingerprint density at radius 1 is 1.24 bits per heavy atom. The van der Waals surface area contributed by atoms with Crippen molar-refractivity contribution in [2.75, 3.05) is 7.05 Å². The van der Waals surface area contributed by atoms with Gasteiger partial charge in [0.15, 0.2) is 0 Å². The largest absolute Gasteiger partial charge is 0.479 e. The Bertz CT molecular complexity index is 518. The van der Waals surface area contributed by atoms with Crippen molar-refractivity contribution in [3.63, 3.8) is 0 Å². The Kier molecular flexibility index (Phi) is 4.82. The molecule has 0 aliphatic rings. The minimum Gasteiger partial charge on any atom is -0.479 e. The first kappa shape index (κ1) is 16.8. The zero-order chi connectivity index (χ0) is 16.3. The second-order valence-corrected chi connectivity index (χ2v) is 4.47. The number of halogens is 3. The number of aliphatic carboxylic acids is 1. The maximum absolute atomic E-state index is 12.9. The van der Waals surface area contributed by atoms with Crippen LogP contribution in [-0.2, 0) is 16.1 Å². The number of likely N-dealkylation sites (N-methyl/N-ethyl adjacent to an activating group) is 1. The van der Waals surface area contributed by atoms with Gasteiger partial charge in [-0.3, -0.25) is 4.90 Å². The van der Waals surface area contributed by atoms with Crippen molar-refractivity contribution in [3.05, 3.63) is 35.9 Å². The van der Waals surface area contributed by atoms with E-state index in [1.165, 1.54) is 0 Å². The number of carboxylic acid groups (broad SMARTS) is 1. The lowest BCUT2D eigenvalue weighted by molar-refractivity contribution is -0.225. The monoisotopic (exact) mass is 305 g/mol. The Labute approximate surface area is 118 Å². The minimum absolute atomic E-state index is 0.0261. The molecular weight excluding hydrogens is 291 g/mol. The fraction of sp³-hybridized carbons (Fsp3) is 0.385. The Hall–Kier alpha value is -2.25. The average Bonchev–Trinajstić information content (AvgIpc) is 2.42. The highest BCUT2D eigenvalue weighted by atomic mass is 19.4. The molecule has 0 bridgehead atoms. The topological polar surface area (TPSA) is 66.8 Å². The quantitative estimate of drug-likeness (QED) is 0.928. The molecular formula is C13H14F3NO4. The number of ether oxygens (including phenoxy) is 1. The molecule has 8 heteroatoms. The van der Waals surface area contributed by atoms with Crippen LogP contribution >= 0.6 is 0 Å². The molecule has 1 aromatic carbocycles. The van der Waals surface area contributed by atoms with Gasteiger partial charge in [-0.1, -0.05) is 30.3 Å². The van der Waals surface area contributed by atoms with Crippen LogP contribution in [0.4, 0.5) is 18.0 Å². The van der Waals surface area contributed by atoms with Crippen LogP contribution in [0, 0.1) is 0 Å². The summed E-state index contributed by atoms with van der Waals surface area (Å²) in [7, 11) is 0.731. The third kappa shape index (κ3) is 3.45. The molecule has 0 spiro atoms. The average molecular weight is 305 g/mol. The van der Waals surface area contributed by atoms with Gasteiger partial charge in [0.05, 0.1) is 0 Å². The molecule has 1 rings (SSSR count). The van der Waals surface area contributed by atoms with Crippen LogP contribution in [0.25, 0.3) is 0 Å². The number of amides is 1. The van der Waals surface area contributed by atoms with Crippen LogP contribution in [0.3, 0.4) is 0 Å². The first-order valence-electron chi connectivity index (χ1n) is 5.85. The van der Waals surface area contributed by atoms with Gasteiger partial charge in [0.2, 0.25) is 5.54 Å². The molecule has 1 unspecified atom stereocenters. The van der Waals surface area contributed by atoms with E-state index >= 15 is 0 Å². The summed E-state index contributed by atoms with van der Waals surface area (Å²) in [6, 6.07) is 8.30. The fourth-order valence-corrected chi connectivity index (χ4v) is 1.45. The lowest BCUT2D eigenvalue weighted by Crippen LogP contribution is -2.62.